The first kappa shape index (κ1) is 26.3. The molecule has 198 valence electrons. The molecule has 0 radical (unpaired) electrons. The van der Waals surface area contributed by atoms with Gasteiger partial charge in [0, 0.05) is 20.7 Å². The van der Waals surface area contributed by atoms with Crippen molar-refractivity contribution in [3.63, 3.8) is 0 Å². The van der Waals surface area contributed by atoms with Gasteiger partial charge in [-0.05, 0) is 64.4 Å². The molecule has 1 heterocycles. The normalized spacial score (nSPS) is 12.8. The fourth-order valence-corrected chi connectivity index (χ4v) is 5.32. The quantitative estimate of drug-likeness (QED) is 0.184. The van der Waals surface area contributed by atoms with Gasteiger partial charge in [-0.1, -0.05) is 112 Å². The largest absolute Gasteiger partial charge is 0.381 e. The van der Waals surface area contributed by atoms with Crippen molar-refractivity contribution in [1.82, 2.24) is 15.0 Å². The molecular formula is C33H26BrClN4O. The molecule has 6 aromatic rings. The highest BCUT2D eigenvalue weighted by atomic mass is 79.9. The minimum absolute atomic E-state index is 0.168. The average molecular weight is 610 g/mol. The fraction of sp³-hybridized carbons (Fsp3) is 0.0909. The van der Waals surface area contributed by atoms with Gasteiger partial charge in [0.15, 0.2) is 5.60 Å². The Labute approximate surface area is 246 Å². The predicted octanol–water partition coefficient (Wildman–Crippen LogP) is 7.91. The Morgan fingerprint density at radius 1 is 0.800 bits per heavy atom. The van der Waals surface area contributed by atoms with E-state index in [0.29, 0.717) is 22.8 Å². The highest BCUT2D eigenvalue weighted by molar-refractivity contribution is 9.10. The zero-order valence-electron chi connectivity index (χ0n) is 21.5. The van der Waals surface area contributed by atoms with E-state index in [2.05, 4.69) is 74.0 Å². The van der Waals surface area contributed by atoms with Crippen LogP contribution in [0.2, 0.25) is 5.02 Å². The highest BCUT2D eigenvalue weighted by Gasteiger charge is 2.38. The first-order chi connectivity index (χ1) is 19.5. The smallest absolute Gasteiger partial charge is 0.153 e. The number of halogens is 2. The minimum atomic E-state index is -1.50. The molecule has 5 nitrogen and oxygen atoms in total. The number of nitrogens with zero attached hydrogens (tertiary/aromatic N) is 3. The molecule has 2 N–H and O–H groups in total. The van der Waals surface area contributed by atoms with E-state index in [0.717, 1.165) is 37.8 Å². The second-order valence-corrected chi connectivity index (χ2v) is 11.1. The van der Waals surface area contributed by atoms with E-state index in [1.807, 2.05) is 83.5 Å². The van der Waals surface area contributed by atoms with Crippen molar-refractivity contribution in [2.24, 2.45) is 0 Å². The number of aliphatic hydroxyl groups is 1. The number of aromatic nitrogens is 3. The predicted molar refractivity (Wildman–Crippen MR) is 166 cm³/mol. The molecule has 0 aliphatic carbocycles. The van der Waals surface area contributed by atoms with Gasteiger partial charge in [0.05, 0.1) is 18.8 Å². The van der Waals surface area contributed by atoms with Gasteiger partial charge in [-0.15, -0.1) is 5.10 Å². The van der Waals surface area contributed by atoms with Crippen molar-refractivity contribution in [1.29, 1.82) is 0 Å². The molecule has 1 unspecified atom stereocenters. The zero-order chi connectivity index (χ0) is 27.5. The molecular weight excluding hydrogens is 584 g/mol. The molecule has 0 spiro atoms. The zero-order valence-corrected chi connectivity index (χ0v) is 23.8. The van der Waals surface area contributed by atoms with Crippen LogP contribution in [0.1, 0.15) is 16.8 Å². The second-order valence-electron chi connectivity index (χ2n) is 9.72. The Morgan fingerprint density at radius 2 is 1.50 bits per heavy atom. The van der Waals surface area contributed by atoms with Crippen molar-refractivity contribution in [3.8, 4) is 11.3 Å². The van der Waals surface area contributed by atoms with Crippen LogP contribution >= 0.6 is 27.5 Å². The van der Waals surface area contributed by atoms with Crippen LogP contribution in [0.4, 0.5) is 5.69 Å². The summed E-state index contributed by atoms with van der Waals surface area (Å²) in [4.78, 5) is 0. The van der Waals surface area contributed by atoms with Crippen LogP contribution in [-0.4, -0.2) is 26.6 Å². The minimum Gasteiger partial charge on any atom is -0.381 e. The number of hydrogen-bond acceptors (Lipinski definition) is 4. The van der Waals surface area contributed by atoms with E-state index >= 15 is 0 Å². The molecule has 7 heteroatoms. The van der Waals surface area contributed by atoms with Crippen LogP contribution in [0.25, 0.3) is 22.0 Å². The van der Waals surface area contributed by atoms with Gasteiger partial charge >= 0.3 is 0 Å². The number of anilines is 1. The SMILES string of the molecule is OC(CNc1ccc(Cl)cc1)(c1ccc(Br)cc1)c1nnn(Cc2ccccc2)c1-c1ccc2ccccc2c1. The van der Waals surface area contributed by atoms with E-state index in [-0.39, 0.29) is 6.54 Å². The Morgan fingerprint density at radius 3 is 2.25 bits per heavy atom. The summed E-state index contributed by atoms with van der Waals surface area (Å²) in [7, 11) is 0. The molecule has 40 heavy (non-hydrogen) atoms. The standard InChI is InChI=1S/C33H26BrClN4O/c34-28-14-12-27(13-15-28)33(40,22-36-30-18-16-29(35)17-19-30)32-31(26-11-10-24-8-4-5-9-25(24)20-26)39(38-37-32)21-23-6-2-1-3-7-23/h1-20,36,40H,21-22H2. The summed E-state index contributed by atoms with van der Waals surface area (Å²) in [5, 5.41) is 28.1. The molecule has 5 aromatic carbocycles. The summed E-state index contributed by atoms with van der Waals surface area (Å²) in [6.07, 6.45) is 0. The van der Waals surface area contributed by atoms with Gasteiger partial charge in [-0.3, -0.25) is 0 Å². The molecule has 0 fully saturated rings. The summed E-state index contributed by atoms with van der Waals surface area (Å²) < 4.78 is 2.80. The van der Waals surface area contributed by atoms with Crippen molar-refractivity contribution < 1.29 is 5.11 Å². The summed E-state index contributed by atoms with van der Waals surface area (Å²) in [5.74, 6) is 0. The lowest BCUT2D eigenvalue weighted by Gasteiger charge is -2.29. The number of benzene rings is 5. The van der Waals surface area contributed by atoms with E-state index in [1.54, 1.807) is 0 Å². The summed E-state index contributed by atoms with van der Waals surface area (Å²) >= 11 is 9.63. The van der Waals surface area contributed by atoms with Crippen molar-refractivity contribution >= 4 is 44.0 Å². The molecule has 0 amide bonds. The molecule has 0 saturated carbocycles. The van der Waals surface area contributed by atoms with Gasteiger partial charge in [0.2, 0.25) is 0 Å². The molecule has 0 bridgehead atoms. The second kappa shape index (κ2) is 11.3. The van der Waals surface area contributed by atoms with Gasteiger partial charge < -0.3 is 10.4 Å². The monoisotopic (exact) mass is 608 g/mol. The van der Waals surface area contributed by atoms with Crippen LogP contribution in [0.5, 0.6) is 0 Å². The van der Waals surface area contributed by atoms with Crippen LogP contribution in [0.15, 0.2) is 126 Å². The third kappa shape index (κ3) is 5.39. The van der Waals surface area contributed by atoms with Crippen molar-refractivity contribution in [2.75, 3.05) is 11.9 Å². The van der Waals surface area contributed by atoms with Crippen molar-refractivity contribution in [2.45, 2.75) is 12.1 Å². The molecule has 6 rings (SSSR count). The maximum atomic E-state index is 12.6. The number of rotatable bonds is 8. The van der Waals surface area contributed by atoms with Crippen LogP contribution < -0.4 is 5.32 Å². The average Bonchev–Trinajstić information content (AvgIpc) is 3.41. The van der Waals surface area contributed by atoms with Gasteiger partial charge in [-0.25, -0.2) is 4.68 Å². The van der Waals surface area contributed by atoms with Gasteiger partial charge in [0.1, 0.15) is 5.69 Å². The Bertz CT molecular complexity index is 1750. The van der Waals surface area contributed by atoms with E-state index < -0.39 is 5.60 Å². The lowest BCUT2D eigenvalue weighted by Crippen LogP contribution is -2.36. The summed E-state index contributed by atoms with van der Waals surface area (Å²) in [5.41, 5.74) is 3.29. The molecule has 0 aliphatic rings. The lowest BCUT2D eigenvalue weighted by atomic mass is 9.87. The third-order valence-electron chi connectivity index (χ3n) is 7.04. The number of hydrogen-bond donors (Lipinski definition) is 2. The van der Waals surface area contributed by atoms with E-state index in [9.17, 15) is 5.11 Å². The van der Waals surface area contributed by atoms with E-state index in [4.69, 9.17) is 11.6 Å². The third-order valence-corrected chi connectivity index (χ3v) is 7.82. The first-order valence-corrected chi connectivity index (χ1v) is 14.1. The molecule has 1 atom stereocenters. The topological polar surface area (TPSA) is 63.0 Å². The molecule has 1 aromatic heterocycles. The van der Waals surface area contributed by atoms with Crippen LogP contribution in [-0.2, 0) is 12.1 Å². The summed E-state index contributed by atoms with van der Waals surface area (Å²) in [6, 6.07) is 39.8. The number of fused-ring (bicyclic) bond motifs is 1. The Balaban J connectivity index is 1.51. The van der Waals surface area contributed by atoms with Crippen LogP contribution in [0, 0.1) is 0 Å². The molecule has 0 aliphatic heterocycles. The fourth-order valence-electron chi connectivity index (χ4n) is 4.93. The van der Waals surface area contributed by atoms with E-state index in [1.165, 1.54) is 0 Å². The summed E-state index contributed by atoms with van der Waals surface area (Å²) in [6.45, 7) is 0.678. The maximum Gasteiger partial charge on any atom is 0.153 e. The maximum absolute atomic E-state index is 12.6. The van der Waals surface area contributed by atoms with Crippen molar-refractivity contribution in [3.05, 3.63) is 148 Å². The van der Waals surface area contributed by atoms with Crippen LogP contribution in [0.3, 0.4) is 0 Å². The van der Waals surface area contributed by atoms with Gasteiger partial charge in [0.25, 0.3) is 0 Å². The Hall–Kier alpha value is -3.97. The number of nitrogens with one attached hydrogen (secondary N) is 1. The first-order valence-electron chi connectivity index (χ1n) is 12.9. The molecule has 0 saturated heterocycles. The van der Waals surface area contributed by atoms with Gasteiger partial charge in [-0.2, -0.15) is 0 Å². The lowest BCUT2D eigenvalue weighted by molar-refractivity contribution is 0.0907. The Kier molecular flexibility index (Phi) is 7.39. The highest BCUT2D eigenvalue weighted by Crippen LogP contribution is 2.37.